The number of hydrogen-bond acceptors (Lipinski definition) is 8. The van der Waals surface area contributed by atoms with Gasteiger partial charge in [-0.15, -0.1) is 0 Å². The highest BCUT2D eigenvalue weighted by atomic mass is 16.6. The van der Waals surface area contributed by atoms with Crippen LogP contribution < -0.4 is 36.5 Å². The van der Waals surface area contributed by atoms with Crippen molar-refractivity contribution in [2.45, 2.75) is 52.4 Å². The molecule has 0 aromatic heterocycles. The first kappa shape index (κ1) is 30.5. The van der Waals surface area contributed by atoms with Gasteiger partial charge in [-0.1, -0.05) is 41.5 Å². The van der Waals surface area contributed by atoms with E-state index in [2.05, 4.69) is 46.9 Å². The summed E-state index contributed by atoms with van der Waals surface area (Å²) < 4.78 is 0. The number of rotatable bonds is 6. The monoisotopic (exact) mass is 569 g/mol. The van der Waals surface area contributed by atoms with Crippen LogP contribution in [0.2, 0.25) is 0 Å². The molecular formula is C29H45N8O4+. The van der Waals surface area contributed by atoms with Crippen molar-refractivity contribution < 1.29 is 20.4 Å². The Morgan fingerprint density at radius 2 is 1.27 bits per heavy atom. The summed E-state index contributed by atoms with van der Waals surface area (Å²) in [6.07, 6.45) is 0. The van der Waals surface area contributed by atoms with Gasteiger partial charge in [-0.2, -0.15) is 5.48 Å². The minimum absolute atomic E-state index is 0.0250. The fraction of sp³-hybridized carbons (Fsp3) is 0.552. The zero-order valence-corrected chi connectivity index (χ0v) is 25.1. The molecule has 2 heterocycles. The zero-order chi connectivity index (χ0) is 29.9. The van der Waals surface area contributed by atoms with Gasteiger partial charge in [-0.3, -0.25) is 10.1 Å². The summed E-state index contributed by atoms with van der Waals surface area (Å²) >= 11 is 0. The van der Waals surface area contributed by atoms with Crippen molar-refractivity contribution in [3.63, 3.8) is 0 Å². The number of anilines is 4. The number of nitrogens with zero attached hydrogens (tertiary/aromatic N) is 3. The molecule has 12 heteroatoms. The molecule has 2 fully saturated rings. The van der Waals surface area contributed by atoms with Crippen molar-refractivity contribution in [1.82, 2.24) is 10.6 Å². The topological polar surface area (TPSA) is 152 Å². The summed E-state index contributed by atoms with van der Waals surface area (Å²) in [5, 5.41) is 35.2. The molecule has 0 unspecified atom stereocenters. The summed E-state index contributed by atoms with van der Waals surface area (Å²) in [5.74, 6) is 0. The van der Waals surface area contributed by atoms with Crippen LogP contribution in [0.4, 0.5) is 38.9 Å². The quantitative estimate of drug-likeness (QED) is 0.176. The van der Waals surface area contributed by atoms with Crippen molar-refractivity contribution >= 4 is 40.2 Å². The third-order valence-electron chi connectivity index (χ3n) is 7.66. The Balaban J connectivity index is 1.78. The summed E-state index contributed by atoms with van der Waals surface area (Å²) in [6, 6.07) is 6.88. The maximum absolute atomic E-state index is 13.7. The van der Waals surface area contributed by atoms with Crippen LogP contribution in [0.25, 0.3) is 0 Å². The second kappa shape index (κ2) is 12.2. The van der Waals surface area contributed by atoms with Gasteiger partial charge in [-0.25, -0.2) is 10.0 Å². The largest absolute Gasteiger partial charge is 0.362 e. The van der Waals surface area contributed by atoms with E-state index in [1.807, 2.05) is 43.9 Å². The van der Waals surface area contributed by atoms with Gasteiger partial charge in [0.1, 0.15) is 11.4 Å². The number of quaternary nitrogens is 1. The highest BCUT2D eigenvalue weighted by molar-refractivity contribution is 6.05. The number of carbonyl (C=O) groups is 1. The number of nitrogens with one attached hydrogen (secondary N) is 4. The van der Waals surface area contributed by atoms with E-state index in [9.17, 15) is 20.1 Å². The molecule has 12 nitrogen and oxygen atoms in total. The third-order valence-corrected chi connectivity index (χ3v) is 7.66. The highest BCUT2D eigenvalue weighted by Gasteiger charge is 2.31. The number of urea groups is 1. The zero-order valence-electron chi connectivity index (χ0n) is 25.1. The maximum Gasteiger partial charge on any atom is 0.323 e. The Morgan fingerprint density at radius 1 is 0.829 bits per heavy atom. The molecule has 0 radical (unpaired) electrons. The molecule has 4 rings (SSSR count). The van der Waals surface area contributed by atoms with Crippen molar-refractivity contribution in [1.29, 1.82) is 0 Å². The Kier molecular flexibility index (Phi) is 9.07. The lowest BCUT2D eigenvalue weighted by Crippen LogP contribution is -2.74. The second-order valence-corrected chi connectivity index (χ2v) is 12.8. The average molecular weight is 570 g/mol. The molecule has 2 aromatic carbocycles. The maximum atomic E-state index is 13.7. The molecule has 2 saturated heterocycles. The summed E-state index contributed by atoms with van der Waals surface area (Å²) in [6.45, 7) is 17.8. The van der Waals surface area contributed by atoms with Crippen LogP contribution in [0.5, 0.6) is 0 Å². The lowest BCUT2D eigenvalue weighted by Gasteiger charge is -2.33. The third kappa shape index (κ3) is 7.07. The van der Waals surface area contributed by atoms with Crippen LogP contribution in [-0.4, -0.2) is 68.5 Å². The molecule has 0 spiro atoms. The van der Waals surface area contributed by atoms with Crippen molar-refractivity contribution in [2.24, 2.45) is 0 Å². The Hall–Kier alpha value is -3.45. The minimum atomic E-state index is -0.506. The van der Waals surface area contributed by atoms with E-state index in [1.165, 1.54) is 0 Å². The van der Waals surface area contributed by atoms with Gasteiger partial charge >= 0.3 is 6.03 Å². The van der Waals surface area contributed by atoms with Crippen molar-refractivity contribution in [2.75, 3.05) is 72.8 Å². The first-order chi connectivity index (χ1) is 19.3. The molecule has 2 aromatic rings. The van der Waals surface area contributed by atoms with Gasteiger partial charge < -0.3 is 31.1 Å². The van der Waals surface area contributed by atoms with Crippen LogP contribution in [0.1, 0.15) is 52.7 Å². The van der Waals surface area contributed by atoms with E-state index < -0.39 is 6.03 Å². The van der Waals surface area contributed by atoms with Gasteiger partial charge in [0.05, 0.1) is 16.3 Å². The van der Waals surface area contributed by atoms with E-state index in [0.29, 0.717) is 48.9 Å². The van der Waals surface area contributed by atoms with Crippen molar-refractivity contribution in [3.8, 4) is 0 Å². The highest BCUT2D eigenvalue weighted by Crippen LogP contribution is 2.42. The number of carbonyl (C=O) groups excluding carboxylic acids is 1. The summed E-state index contributed by atoms with van der Waals surface area (Å²) in [4.78, 5) is 29.8. The molecule has 2 amide bonds. The Labute approximate surface area is 242 Å². The molecule has 7 N–H and O–H groups in total. The first-order valence-corrected chi connectivity index (χ1v) is 14.3. The predicted octanol–water partition coefficient (Wildman–Crippen LogP) is 3.24. The summed E-state index contributed by atoms with van der Waals surface area (Å²) in [5.41, 5.74) is 4.93. The number of amides is 2. The van der Waals surface area contributed by atoms with Gasteiger partial charge in [0, 0.05) is 64.5 Å². The molecule has 224 valence electrons. The standard InChI is InChI=1S/C29H44N8O4/c1-28(2,3)19-15-21(25(23(17-19)34-39)35-11-7-30-8-12-35)32-27(38)33-22-16-20(29(4,5)6)18-24(37(40)41)26(22)36-13-9-31-10-14-36/h15-18,30-31,34,39H,7-14H2,1-6H3,(H2,32,33,38)/p+1. The molecule has 41 heavy (non-hydrogen) atoms. The van der Waals surface area contributed by atoms with E-state index in [1.54, 1.807) is 6.07 Å². The van der Waals surface area contributed by atoms with Gasteiger partial charge in [0.2, 0.25) is 0 Å². The van der Waals surface area contributed by atoms with Crippen molar-refractivity contribution in [3.05, 3.63) is 45.5 Å². The number of piperazine rings is 2. The van der Waals surface area contributed by atoms with Crippen LogP contribution in [-0.2, 0) is 10.8 Å². The molecular weight excluding hydrogens is 524 g/mol. The Bertz CT molecular complexity index is 1270. The van der Waals surface area contributed by atoms with Gasteiger partial charge in [-0.05, 0) is 34.1 Å². The van der Waals surface area contributed by atoms with E-state index >= 15 is 0 Å². The SMILES string of the molecule is CC(C)(C)c1cc(NC(=O)Nc2cc(C(C)(C)C)cc([N+](=O)[O-])c2N2CCNCC2)c(N2CCNCC2)c([NH2+]O)c1. The second-order valence-electron chi connectivity index (χ2n) is 12.8. The van der Waals surface area contributed by atoms with Crippen LogP contribution >= 0.6 is 0 Å². The number of nitro benzene ring substituents is 1. The number of nitrogens with two attached hydrogens (primary N) is 1. The number of nitro groups is 1. The lowest BCUT2D eigenvalue weighted by atomic mass is 9.86. The van der Waals surface area contributed by atoms with Crippen LogP contribution in [0.3, 0.4) is 0 Å². The molecule has 0 atom stereocenters. The molecule has 0 aliphatic carbocycles. The molecule has 0 bridgehead atoms. The fourth-order valence-electron chi connectivity index (χ4n) is 5.31. The van der Waals surface area contributed by atoms with E-state index in [4.69, 9.17) is 0 Å². The predicted molar refractivity (Wildman–Crippen MR) is 163 cm³/mol. The molecule has 0 saturated carbocycles. The average Bonchev–Trinajstić information content (AvgIpc) is 2.92. The number of hydrogen-bond donors (Lipinski definition) is 6. The van der Waals surface area contributed by atoms with Crippen LogP contribution in [0.15, 0.2) is 24.3 Å². The normalized spacial score (nSPS) is 16.5. The van der Waals surface area contributed by atoms with Gasteiger partial charge in [0.25, 0.3) is 5.69 Å². The first-order valence-electron chi connectivity index (χ1n) is 14.3. The van der Waals surface area contributed by atoms with Crippen LogP contribution in [0, 0.1) is 10.1 Å². The Morgan fingerprint density at radius 3 is 1.71 bits per heavy atom. The van der Waals surface area contributed by atoms with Gasteiger partial charge in [0.15, 0.2) is 5.69 Å². The molecule has 2 aliphatic heterocycles. The smallest absolute Gasteiger partial charge is 0.323 e. The van der Waals surface area contributed by atoms with E-state index in [-0.39, 0.29) is 21.4 Å². The molecule has 2 aliphatic rings. The van der Waals surface area contributed by atoms with E-state index in [0.717, 1.165) is 48.5 Å². The number of benzene rings is 2. The summed E-state index contributed by atoms with van der Waals surface area (Å²) in [7, 11) is 0. The lowest BCUT2D eigenvalue weighted by molar-refractivity contribution is -0.825. The fourth-order valence-corrected chi connectivity index (χ4v) is 5.31. The minimum Gasteiger partial charge on any atom is -0.362 e.